The lowest BCUT2D eigenvalue weighted by Crippen LogP contribution is -2.37. The molecule has 6 nitrogen and oxygen atoms in total. The third kappa shape index (κ3) is 3.40. The summed E-state index contributed by atoms with van der Waals surface area (Å²) in [5, 5.41) is 0.683. The van der Waals surface area contributed by atoms with Crippen LogP contribution in [0.3, 0.4) is 0 Å². The largest absolute Gasteiger partial charge is 0.481 e. The van der Waals surface area contributed by atoms with Gasteiger partial charge in [0.1, 0.15) is 0 Å². The van der Waals surface area contributed by atoms with Gasteiger partial charge in [-0.25, -0.2) is 9.97 Å². The molecule has 0 radical (unpaired) electrons. The van der Waals surface area contributed by atoms with E-state index in [9.17, 15) is 4.79 Å². The predicted octanol–water partition coefficient (Wildman–Crippen LogP) is 3.53. The number of nitrogens with zero attached hydrogens (tertiary/aromatic N) is 3. The summed E-state index contributed by atoms with van der Waals surface area (Å²) in [6, 6.07) is 11.3. The van der Waals surface area contributed by atoms with Crippen LogP contribution in [0.5, 0.6) is 5.88 Å². The number of carbonyl (C=O) groups excluding carboxylic acids is 1. The number of hydrogen-bond donors (Lipinski definition) is 0. The fourth-order valence-corrected chi connectivity index (χ4v) is 3.97. The fraction of sp³-hybridized carbons (Fsp3) is 0.316. The van der Waals surface area contributed by atoms with E-state index in [0.717, 1.165) is 29.7 Å². The van der Waals surface area contributed by atoms with E-state index in [1.54, 1.807) is 24.1 Å². The molecule has 1 fully saturated rings. The number of para-hydroxylation sites is 1. The summed E-state index contributed by atoms with van der Waals surface area (Å²) in [6.07, 6.45) is 3.56. The molecular weight excluding hydrogens is 350 g/mol. The van der Waals surface area contributed by atoms with Crippen molar-refractivity contribution in [1.29, 1.82) is 0 Å². The first-order chi connectivity index (χ1) is 12.7. The summed E-state index contributed by atoms with van der Waals surface area (Å²) in [5.74, 6) is 0.349. The number of anilines is 1. The van der Waals surface area contributed by atoms with Crippen molar-refractivity contribution in [2.45, 2.75) is 18.9 Å². The quantitative estimate of drug-likeness (QED) is 0.688. The van der Waals surface area contributed by atoms with E-state index in [-0.39, 0.29) is 12.0 Å². The van der Waals surface area contributed by atoms with E-state index in [4.69, 9.17) is 9.47 Å². The first-order valence-electron chi connectivity index (χ1n) is 8.53. The molecule has 1 amide bonds. The molecule has 134 valence electrons. The minimum absolute atomic E-state index is 0.0390. The van der Waals surface area contributed by atoms with E-state index in [2.05, 4.69) is 9.97 Å². The third-order valence-electron chi connectivity index (χ3n) is 4.36. The van der Waals surface area contributed by atoms with E-state index in [0.29, 0.717) is 23.1 Å². The number of ether oxygens (including phenoxy) is 2. The van der Waals surface area contributed by atoms with Gasteiger partial charge in [0.25, 0.3) is 5.91 Å². The lowest BCUT2D eigenvalue weighted by molar-refractivity contribution is 0.0917. The van der Waals surface area contributed by atoms with Crippen LogP contribution >= 0.6 is 11.3 Å². The Balaban J connectivity index is 1.67. The zero-order chi connectivity index (χ0) is 17.9. The van der Waals surface area contributed by atoms with Gasteiger partial charge in [0.2, 0.25) is 5.88 Å². The van der Waals surface area contributed by atoms with Gasteiger partial charge in [0.15, 0.2) is 5.13 Å². The summed E-state index contributed by atoms with van der Waals surface area (Å²) in [4.78, 5) is 23.7. The van der Waals surface area contributed by atoms with Gasteiger partial charge < -0.3 is 9.47 Å². The van der Waals surface area contributed by atoms with Gasteiger partial charge in [-0.2, -0.15) is 0 Å². The number of methoxy groups -OCH3 is 1. The molecule has 0 aliphatic carbocycles. The standard InChI is InChI=1S/C19H19N3O3S/c1-24-17-9-8-13(11-20-17)18(23)22(12-14-5-4-10-25-14)19-21-15-6-2-3-7-16(15)26-19/h2-3,6-9,11,14H,4-5,10,12H2,1H3. The van der Waals surface area contributed by atoms with Gasteiger partial charge in [-0.1, -0.05) is 23.5 Å². The van der Waals surface area contributed by atoms with Crippen LogP contribution in [0.25, 0.3) is 10.2 Å². The Morgan fingerprint density at radius 1 is 1.35 bits per heavy atom. The Morgan fingerprint density at radius 3 is 2.92 bits per heavy atom. The number of aromatic nitrogens is 2. The first kappa shape index (κ1) is 16.9. The van der Waals surface area contributed by atoms with Crippen molar-refractivity contribution in [2.24, 2.45) is 0 Å². The van der Waals surface area contributed by atoms with Crippen LogP contribution in [0.4, 0.5) is 5.13 Å². The maximum atomic E-state index is 13.2. The molecule has 1 aliphatic heterocycles. The number of amides is 1. The summed E-state index contributed by atoms with van der Waals surface area (Å²) in [6.45, 7) is 1.24. The molecule has 1 aliphatic rings. The fourth-order valence-electron chi connectivity index (χ4n) is 3.00. The maximum Gasteiger partial charge on any atom is 0.261 e. The number of fused-ring (bicyclic) bond motifs is 1. The summed E-state index contributed by atoms with van der Waals surface area (Å²) >= 11 is 1.51. The van der Waals surface area contributed by atoms with E-state index in [1.165, 1.54) is 17.5 Å². The number of carbonyl (C=O) groups is 1. The van der Waals surface area contributed by atoms with Crippen molar-refractivity contribution < 1.29 is 14.3 Å². The molecular formula is C19H19N3O3S. The Labute approximate surface area is 155 Å². The van der Waals surface area contributed by atoms with Crippen molar-refractivity contribution >= 4 is 32.6 Å². The molecule has 1 atom stereocenters. The smallest absolute Gasteiger partial charge is 0.261 e. The Morgan fingerprint density at radius 2 is 2.23 bits per heavy atom. The van der Waals surface area contributed by atoms with Crippen molar-refractivity contribution in [3.63, 3.8) is 0 Å². The van der Waals surface area contributed by atoms with Crippen molar-refractivity contribution in [3.8, 4) is 5.88 Å². The minimum Gasteiger partial charge on any atom is -0.481 e. The summed E-state index contributed by atoms with van der Waals surface area (Å²) in [7, 11) is 1.55. The van der Waals surface area contributed by atoms with Gasteiger partial charge in [-0.05, 0) is 31.0 Å². The lowest BCUT2D eigenvalue weighted by atomic mass is 10.2. The van der Waals surface area contributed by atoms with Gasteiger partial charge in [-0.15, -0.1) is 0 Å². The molecule has 3 aromatic rings. The van der Waals surface area contributed by atoms with Crippen molar-refractivity contribution in [1.82, 2.24) is 9.97 Å². The molecule has 1 unspecified atom stereocenters. The zero-order valence-corrected chi connectivity index (χ0v) is 15.2. The van der Waals surface area contributed by atoms with E-state index in [1.807, 2.05) is 24.3 Å². The highest BCUT2D eigenvalue weighted by molar-refractivity contribution is 7.22. The summed E-state index contributed by atoms with van der Waals surface area (Å²) in [5.41, 5.74) is 1.40. The molecule has 7 heteroatoms. The Hall–Kier alpha value is -2.51. The number of hydrogen-bond acceptors (Lipinski definition) is 6. The number of rotatable bonds is 5. The van der Waals surface area contributed by atoms with Gasteiger partial charge in [0.05, 0.1) is 35.5 Å². The SMILES string of the molecule is COc1ccc(C(=O)N(CC2CCCO2)c2nc3ccccc3s2)cn1. The Bertz CT molecular complexity index is 871. The van der Waals surface area contributed by atoms with Crippen LogP contribution in [-0.4, -0.2) is 42.2 Å². The highest BCUT2D eigenvalue weighted by Crippen LogP contribution is 2.30. The van der Waals surface area contributed by atoms with Crippen LogP contribution in [0, 0.1) is 0 Å². The second-order valence-electron chi connectivity index (χ2n) is 6.10. The molecule has 0 N–H and O–H groups in total. The molecule has 0 bridgehead atoms. The van der Waals surface area contributed by atoms with Gasteiger partial charge in [0, 0.05) is 18.9 Å². The zero-order valence-electron chi connectivity index (χ0n) is 14.4. The van der Waals surface area contributed by atoms with E-state index < -0.39 is 0 Å². The number of pyridine rings is 1. The molecule has 3 heterocycles. The van der Waals surface area contributed by atoms with Crippen molar-refractivity contribution in [3.05, 3.63) is 48.2 Å². The number of thiazole rings is 1. The van der Waals surface area contributed by atoms with Crippen LogP contribution in [0.1, 0.15) is 23.2 Å². The Kier molecular flexibility index (Phi) is 4.81. The molecule has 1 saturated heterocycles. The molecule has 4 rings (SSSR count). The van der Waals surface area contributed by atoms with Crippen LogP contribution in [-0.2, 0) is 4.74 Å². The highest BCUT2D eigenvalue weighted by Gasteiger charge is 2.27. The second kappa shape index (κ2) is 7.39. The second-order valence-corrected chi connectivity index (χ2v) is 7.11. The van der Waals surface area contributed by atoms with Crippen LogP contribution in [0.15, 0.2) is 42.6 Å². The lowest BCUT2D eigenvalue weighted by Gasteiger charge is -2.23. The number of benzene rings is 1. The van der Waals surface area contributed by atoms with E-state index >= 15 is 0 Å². The minimum atomic E-state index is -0.130. The van der Waals surface area contributed by atoms with Crippen LogP contribution < -0.4 is 9.64 Å². The normalized spacial score (nSPS) is 16.7. The molecule has 2 aromatic heterocycles. The molecule has 26 heavy (non-hydrogen) atoms. The molecule has 0 spiro atoms. The average Bonchev–Trinajstić information content (AvgIpc) is 3.34. The van der Waals surface area contributed by atoms with Gasteiger partial charge >= 0.3 is 0 Å². The summed E-state index contributed by atoms with van der Waals surface area (Å²) < 4.78 is 11.9. The van der Waals surface area contributed by atoms with Crippen LogP contribution in [0.2, 0.25) is 0 Å². The van der Waals surface area contributed by atoms with Gasteiger partial charge in [-0.3, -0.25) is 9.69 Å². The monoisotopic (exact) mass is 369 g/mol. The molecule has 1 aromatic carbocycles. The topological polar surface area (TPSA) is 64.5 Å². The average molecular weight is 369 g/mol. The third-order valence-corrected chi connectivity index (χ3v) is 5.42. The first-order valence-corrected chi connectivity index (χ1v) is 9.35. The molecule has 0 saturated carbocycles. The van der Waals surface area contributed by atoms with Crippen molar-refractivity contribution in [2.75, 3.05) is 25.2 Å². The highest BCUT2D eigenvalue weighted by atomic mass is 32.1. The predicted molar refractivity (Wildman–Crippen MR) is 101 cm³/mol. The maximum absolute atomic E-state index is 13.2.